The van der Waals surface area contributed by atoms with Crippen LogP contribution in [0, 0.1) is 11.3 Å². The summed E-state index contributed by atoms with van der Waals surface area (Å²) in [4.78, 5) is 2.53. The highest BCUT2D eigenvalue weighted by Gasteiger charge is 2.27. The molecule has 15 heavy (non-hydrogen) atoms. The van der Waals surface area contributed by atoms with Crippen LogP contribution in [0.4, 0.5) is 0 Å². The Morgan fingerprint density at radius 2 is 2.13 bits per heavy atom. The summed E-state index contributed by atoms with van der Waals surface area (Å²) in [5.41, 5.74) is 0.380. The van der Waals surface area contributed by atoms with Crippen LogP contribution in [0.2, 0.25) is 0 Å². The van der Waals surface area contributed by atoms with E-state index in [0.29, 0.717) is 17.4 Å². The summed E-state index contributed by atoms with van der Waals surface area (Å²) in [6.45, 7) is 13.4. The molecule has 1 heterocycles. The van der Waals surface area contributed by atoms with Crippen molar-refractivity contribution >= 4 is 15.9 Å². The molecular weight excluding hydrogens is 254 g/mol. The Labute approximate surface area is 102 Å². The third kappa shape index (κ3) is 4.41. The van der Waals surface area contributed by atoms with Gasteiger partial charge in [0.1, 0.15) is 0 Å². The molecule has 0 radical (unpaired) electrons. The number of halogens is 1. The Morgan fingerprint density at radius 3 is 2.60 bits per heavy atom. The number of rotatable bonds is 3. The fourth-order valence-corrected chi connectivity index (χ4v) is 3.10. The van der Waals surface area contributed by atoms with E-state index in [1.165, 1.54) is 6.54 Å². The maximum absolute atomic E-state index is 5.56. The maximum atomic E-state index is 5.56. The van der Waals surface area contributed by atoms with Crippen molar-refractivity contribution < 1.29 is 4.74 Å². The minimum absolute atomic E-state index is 0.380. The van der Waals surface area contributed by atoms with Crippen molar-refractivity contribution in [2.45, 2.75) is 33.8 Å². The number of hydrogen-bond donors (Lipinski definition) is 0. The van der Waals surface area contributed by atoms with Crippen LogP contribution in [0.25, 0.3) is 0 Å². The molecule has 0 N–H and O–H groups in total. The molecule has 0 bridgehead atoms. The number of morpholine rings is 1. The Morgan fingerprint density at radius 1 is 1.47 bits per heavy atom. The topological polar surface area (TPSA) is 12.5 Å². The number of ether oxygens (including phenoxy) is 1. The molecule has 2 unspecified atom stereocenters. The molecule has 0 aromatic carbocycles. The molecule has 1 aliphatic heterocycles. The first-order chi connectivity index (χ1) is 6.93. The first-order valence-corrected chi connectivity index (χ1v) is 6.95. The van der Waals surface area contributed by atoms with E-state index in [2.05, 4.69) is 48.5 Å². The summed E-state index contributed by atoms with van der Waals surface area (Å²) in [6.07, 6.45) is 0.398. The van der Waals surface area contributed by atoms with E-state index in [0.717, 1.165) is 25.0 Å². The third-order valence-corrected chi connectivity index (χ3v) is 4.00. The molecule has 0 aromatic heterocycles. The lowest BCUT2D eigenvalue weighted by atomic mass is 9.81. The normalized spacial score (nSPS) is 26.6. The summed E-state index contributed by atoms with van der Waals surface area (Å²) in [5, 5.41) is 1.09. The molecule has 0 aromatic rings. The summed E-state index contributed by atoms with van der Waals surface area (Å²) in [7, 11) is 0. The van der Waals surface area contributed by atoms with E-state index in [1.54, 1.807) is 0 Å². The molecule has 1 fully saturated rings. The summed E-state index contributed by atoms with van der Waals surface area (Å²) in [5.74, 6) is 0.711. The van der Waals surface area contributed by atoms with Crippen LogP contribution in [0.3, 0.4) is 0 Å². The van der Waals surface area contributed by atoms with Crippen LogP contribution in [-0.2, 0) is 4.74 Å². The van der Waals surface area contributed by atoms with E-state index in [1.807, 2.05) is 0 Å². The van der Waals surface area contributed by atoms with Gasteiger partial charge in [-0.05, 0) is 18.3 Å². The van der Waals surface area contributed by atoms with Crippen molar-refractivity contribution in [1.29, 1.82) is 0 Å². The molecule has 0 aliphatic carbocycles. The fraction of sp³-hybridized carbons (Fsp3) is 1.00. The van der Waals surface area contributed by atoms with Gasteiger partial charge in [-0.15, -0.1) is 0 Å². The molecule has 1 saturated heterocycles. The predicted molar refractivity (Wildman–Crippen MR) is 68.6 cm³/mol. The highest BCUT2D eigenvalue weighted by Crippen LogP contribution is 2.28. The van der Waals surface area contributed by atoms with Gasteiger partial charge in [-0.25, -0.2) is 0 Å². The van der Waals surface area contributed by atoms with Crippen LogP contribution in [0.5, 0.6) is 0 Å². The SMILES string of the molecule is CC1CN(CC(CBr)C(C)(C)C)CCO1. The van der Waals surface area contributed by atoms with Gasteiger partial charge in [0.25, 0.3) is 0 Å². The Bertz CT molecular complexity index is 191. The Balaban J connectivity index is 2.44. The highest BCUT2D eigenvalue weighted by molar-refractivity contribution is 9.09. The largest absolute Gasteiger partial charge is 0.376 e. The smallest absolute Gasteiger partial charge is 0.0674 e. The van der Waals surface area contributed by atoms with Crippen LogP contribution >= 0.6 is 15.9 Å². The zero-order valence-electron chi connectivity index (χ0n) is 10.4. The second-order valence-electron chi connectivity index (χ2n) is 5.66. The van der Waals surface area contributed by atoms with Crippen molar-refractivity contribution in [2.24, 2.45) is 11.3 Å². The van der Waals surface area contributed by atoms with Gasteiger partial charge >= 0.3 is 0 Å². The second-order valence-corrected chi connectivity index (χ2v) is 6.31. The lowest BCUT2D eigenvalue weighted by molar-refractivity contribution is -0.0271. The van der Waals surface area contributed by atoms with Crippen LogP contribution in [0.15, 0.2) is 0 Å². The summed E-state index contributed by atoms with van der Waals surface area (Å²) >= 11 is 3.64. The average Bonchev–Trinajstić information content (AvgIpc) is 2.12. The molecule has 3 heteroatoms. The van der Waals surface area contributed by atoms with Crippen LogP contribution in [-0.4, -0.2) is 42.6 Å². The van der Waals surface area contributed by atoms with Crippen LogP contribution in [0.1, 0.15) is 27.7 Å². The quantitative estimate of drug-likeness (QED) is 0.736. The third-order valence-electron chi connectivity index (χ3n) is 3.21. The summed E-state index contributed by atoms with van der Waals surface area (Å²) < 4.78 is 5.56. The Hall–Kier alpha value is 0.400. The molecule has 0 saturated carbocycles. The standard InChI is InChI=1S/C12H24BrNO/c1-10-8-14(5-6-15-10)9-11(7-13)12(2,3)4/h10-11H,5-9H2,1-4H3. The van der Waals surface area contributed by atoms with E-state index in [-0.39, 0.29) is 0 Å². The monoisotopic (exact) mass is 277 g/mol. The van der Waals surface area contributed by atoms with Gasteiger partial charge in [-0.2, -0.15) is 0 Å². The van der Waals surface area contributed by atoms with E-state index in [4.69, 9.17) is 4.74 Å². The van der Waals surface area contributed by atoms with Crippen LogP contribution < -0.4 is 0 Å². The molecule has 1 aliphatic rings. The molecule has 0 amide bonds. The minimum Gasteiger partial charge on any atom is -0.376 e. The Kier molecular flexibility index (Phi) is 5.07. The fourth-order valence-electron chi connectivity index (χ4n) is 1.92. The van der Waals surface area contributed by atoms with Crippen molar-refractivity contribution in [3.8, 4) is 0 Å². The summed E-state index contributed by atoms with van der Waals surface area (Å²) in [6, 6.07) is 0. The van der Waals surface area contributed by atoms with Gasteiger partial charge in [0.2, 0.25) is 0 Å². The lowest BCUT2D eigenvalue weighted by Gasteiger charge is -2.37. The van der Waals surface area contributed by atoms with Crippen molar-refractivity contribution in [1.82, 2.24) is 4.90 Å². The predicted octanol–water partition coefficient (Wildman–Crippen LogP) is 2.76. The highest BCUT2D eigenvalue weighted by atomic mass is 79.9. The number of hydrogen-bond acceptors (Lipinski definition) is 2. The molecule has 0 spiro atoms. The molecule has 2 atom stereocenters. The van der Waals surface area contributed by atoms with Crippen molar-refractivity contribution in [3.05, 3.63) is 0 Å². The molecule has 90 valence electrons. The average molecular weight is 278 g/mol. The van der Waals surface area contributed by atoms with Gasteiger partial charge < -0.3 is 4.74 Å². The first-order valence-electron chi connectivity index (χ1n) is 5.83. The second kappa shape index (κ2) is 5.65. The van der Waals surface area contributed by atoms with E-state index < -0.39 is 0 Å². The number of alkyl halides is 1. The van der Waals surface area contributed by atoms with Gasteiger partial charge in [0, 0.05) is 25.0 Å². The van der Waals surface area contributed by atoms with Gasteiger partial charge in [0.05, 0.1) is 12.7 Å². The van der Waals surface area contributed by atoms with Gasteiger partial charge in [0.15, 0.2) is 0 Å². The molecule has 2 nitrogen and oxygen atoms in total. The zero-order chi connectivity index (χ0) is 11.5. The minimum atomic E-state index is 0.380. The maximum Gasteiger partial charge on any atom is 0.0674 e. The lowest BCUT2D eigenvalue weighted by Crippen LogP contribution is -2.45. The van der Waals surface area contributed by atoms with Gasteiger partial charge in [-0.1, -0.05) is 36.7 Å². The molecule has 1 rings (SSSR count). The molecular formula is C12H24BrNO. The number of nitrogens with zero attached hydrogens (tertiary/aromatic N) is 1. The van der Waals surface area contributed by atoms with Crippen molar-refractivity contribution in [2.75, 3.05) is 31.6 Å². The van der Waals surface area contributed by atoms with E-state index in [9.17, 15) is 0 Å². The van der Waals surface area contributed by atoms with Crippen molar-refractivity contribution in [3.63, 3.8) is 0 Å². The van der Waals surface area contributed by atoms with E-state index >= 15 is 0 Å². The van der Waals surface area contributed by atoms with Gasteiger partial charge in [-0.3, -0.25) is 4.90 Å². The first kappa shape index (κ1) is 13.5. The zero-order valence-corrected chi connectivity index (χ0v) is 12.0.